The number of hydrogen-bond donors (Lipinski definition) is 3. The lowest BCUT2D eigenvalue weighted by atomic mass is 10.0. The first-order chi connectivity index (χ1) is 8.32. The Hall–Kier alpha value is -2.37. The summed E-state index contributed by atoms with van der Waals surface area (Å²) in [6, 6.07) is 6.66. The fourth-order valence-electron chi connectivity index (χ4n) is 1.23. The number of carboxylic acid groups (broad SMARTS) is 3. The van der Waals surface area contributed by atoms with Gasteiger partial charge in [0.25, 0.3) is 5.97 Å². The minimum atomic E-state index is -0.956. The highest BCUT2D eigenvalue weighted by molar-refractivity contribution is 5.74. The third-order valence-electron chi connectivity index (χ3n) is 1.80. The van der Waals surface area contributed by atoms with E-state index in [0.29, 0.717) is 11.1 Å². The predicted molar refractivity (Wildman–Crippen MR) is 62.4 cm³/mol. The van der Waals surface area contributed by atoms with E-state index in [2.05, 4.69) is 0 Å². The van der Waals surface area contributed by atoms with Gasteiger partial charge in [-0.05, 0) is 11.1 Å². The Morgan fingerprint density at radius 2 is 1.17 bits per heavy atom. The van der Waals surface area contributed by atoms with Crippen LogP contribution in [0.3, 0.4) is 0 Å². The lowest BCUT2D eigenvalue weighted by molar-refractivity contribution is -0.137. The van der Waals surface area contributed by atoms with Crippen molar-refractivity contribution in [2.24, 2.45) is 0 Å². The second-order valence-electron chi connectivity index (χ2n) is 3.43. The molecule has 0 aliphatic rings. The molecule has 98 valence electrons. The Morgan fingerprint density at radius 1 is 0.889 bits per heavy atom. The Kier molecular flexibility index (Phi) is 6.80. The first-order valence-corrected chi connectivity index (χ1v) is 5.02. The number of aliphatic carboxylic acids is 3. The topological polar surface area (TPSA) is 112 Å². The van der Waals surface area contributed by atoms with Crippen LogP contribution in [0, 0.1) is 0 Å². The smallest absolute Gasteiger partial charge is 0.307 e. The van der Waals surface area contributed by atoms with E-state index in [-0.39, 0.29) is 12.8 Å². The van der Waals surface area contributed by atoms with E-state index >= 15 is 0 Å². The minimum Gasteiger partial charge on any atom is -0.481 e. The van der Waals surface area contributed by atoms with Crippen LogP contribution in [-0.4, -0.2) is 33.2 Å². The zero-order valence-corrected chi connectivity index (χ0v) is 9.79. The molecule has 1 rings (SSSR count). The molecule has 0 heterocycles. The molecule has 0 amide bonds. The van der Waals surface area contributed by atoms with Gasteiger partial charge in [0, 0.05) is 6.92 Å². The van der Waals surface area contributed by atoms with Crippen molar-refractivity contribution < 1.29 is 29.7 Å². The van der Waals surface area contributed by atoms with Crippen molar-refractivity contribution in [2.75, 3.05) is 0 Å². The van der Waals surface area contributed by atoms with Crippen LogP contribution < -0.4 is 0 Å². The third-order valence-corrected chi connectivity index (χ3v) is 1.80. The first-order valence-electron chi connectivity index (χ1n) is 5.02. The van der Waals surface area contributed by atoms with Gasteiger partial charge < -0.3 is 15.3 Å². The molecule has 6 nitrogen and oxygen atoms in total. The Morgan fingerprint density at radius 3 is 1.39 bits per heavy atom. The maximum atomic E-state index is 10.5. The third kappa shape index (κ3) is 7.86. The molecule has 0 atom stereocenters. The standard InChI is InChI=1S/C10H10O4.C2H4O2/c11-9(12)5-7-3-1-2-4-8(7)6-10(13)14;1-2(3)4/h1-4H,5-6H2,(H,11,12)(H,13,14);1H3,(H,3,4). The van der Waals surface area contributed by atoms with Crippen LogP contribution in [0.15, 0.2) is 24.3 Å². The zero-order valence-electron chi connectivity index (χ0n) is 9.79. The summed E-state index contributed by atoms with van der Waals surface area (Å²) in [6.45, 7) is 1.08. The van der Waals surface area contributed by atoms with Crippen LogP contribution in [-0.2, 0) is 27.2 Å². The molecule has 0 spiro atoms. The number of carbonyl (C=O) groups is 3. The summed E-state index contributed by atoms with van der Waals surface area (Å²) in [6.07, 6.45) is -0.271. The molecule has 0 aliphatic carbocycles. The molecular weight excluding hydrogens is 240 g/mol. The second-order valence-corrected chi connectivity index (χ2v) is 3.43. The quantitative estimate of drug-likeness (QED) is 0.739. The molecule has 0 bridgehead atoms. The van der Waals surface area contributed by atoms with E-state index in [1.165, 1.54) is 0 Å². The molecule has 0 unspecified atom stereocenters. The van der Waals surface area contributed by atoms with Crippen molar-refractivity contribution >= 4 is 17.9 Å². The molecule has 1 aromatic carbocycles. The summed E-state index contributed by atoms with van der Waals surface area (Å²) in [5.74, 6) is -2.74. The molecule has 0 aliphatic heterocycles. The fourth-order valence-corrected chi connectivity index (χ4v) is 1.23. The van der Waals surface area contributed by atoms with E-state index in [1.54, 1.807) is 24.3 Å². The average Bonchev–Trinajstić information content (AvgIpc) is 2.18. The number of carboxylic acids is 3. The van der Waals surface area contributed by atoms with E-state index in [4.69, 9.17) is 20.1 Å². The van der Waals surface area contributed by atoms with Crippen LogP contribution in [0.2, 0.25) is 0 Å². The summed E-state index contributed by atoms with van der Waals surface area (Å²) in [5.41, 5.74) is 1.12. The van der Waals surface area contributed by atoms with Gasteiger partial charge in [0.2, 0.25) is 0 Å². The van der Waals surface area contributed by atoms with Gasteiger partial charge in [0.1, 0.15) is 0 Å². The lowest BCUT2D eigenvalue weighted by Crippen LogP contribution is -2.07. The van der Waals surface area contributed by atoms with Crippen LogP contribution in [0.25, 0.3) is 0 Å². The molecule has 0 fully saturated rings. The normalized spacial score (nSPS) is 8.94. The highest BCUT2D eigenvalue weighted by Gasteiger charge is 2.08. The summed E-state index contributed by atoms with van der Waals surface area (Å²) in [7, 11) is 0. The van der Waals surface area contributed by atoms with Crippen molar-refractivity contribution in [3.8, 4) is 0 Å². The summed E-state index contributed by atoms with van der Waals surface area (Å²) < 4.78 is 0. The highest BCUT2D eigenvalue weighted by Crippen LogP contribution is 2.10. The van der Waals surface area contributed by atoms with Crippen LogP contribution in [0.5, 0.6) is 0 Å². The molecule has 1 aromatic rings. The van der Waals surface area contributed by atoms with Crippen molar-refractivity contribution in [3.05, 3.63) is 35.4 Å². The van der Waals surface area contributed by atoms with E-state index in [9.17, 15) is 9.59 Å². The molecule has 0 aromatic heterocycles. The van der Waals surface area contributed by atoms with Crippen molar-refractivity contribution in [3.63, 3.8) is 0 Å². The van der Waals surface area contributed by atoms with Gasteiger partial charge in [-0.1, -0.05) is 24.3 Å². The van der Waals surface area contributed by atoms with Gasteiger partial charge in [-0.15, -0.1) is 0 Å². The Bertz CT molecular complexity index is 399. The molecule has 0 saturated heterocycles. The lowest BCUT2D eigenvalue weighted by Gasteiger charge is -2.04. The summed E-state index contributed by atoms with van der Waals surface area (Å²) in [5, 5.41) is 24.6. The molecular formula is C12H14O6. The summed E-state index contributed by atoms with van der Waals surface area (Å²) >= 11 is 0. The van der Waals surface area contributed by atoms with Gasteiger partial charge in [-0.25, -0.2) is 0 Å². The van der Waals surface area contributed by atoms with E-state index in [0.717, 1.165) is 6.92 Å². The molecule has 18 heavy (non-hydrogen) atoms. The fraction of sp³-hybridized carbons (Fsp3) is 0.250. The Balaban J connectivity index is 0.000000631. The van der Waals surface area contributed by atoms with E-state index in [1.807, 2.05) is 0 Å². The maximum absolute atomic E-state index is 10.5. The van der Waals surface area contributed by atoms with Crippen molar-refractivity contribution in [2.45, 2.75) is 19.8 Å². The average molecular weight is 254 g/mol. The highest BCUT2D eigenvalue weighted by atomic mass is 16.4. The molecule has 0 saturated carbocycles. The number of rotatable bonds is 4. The SMILES string of the molecule is CC(=O)O.O=C(O)Cc1ccccc1CC(=O)O. The van der Waals surface area contributed by atoms with Gasteiger partial charge in [0.05, 0.1) is 12.8 Å². The number of benzene rings is 1. The second kappa shape index (κ2) is 7.83. The van der Waals surface area contributed by atoms with Gasteiger partial charge in [0.15, 0.2) is 0 Å². The maximum Gasteiger partial charge on any atom is 0.307 e. The first kappa shape index (κ1) is 15.6. The van der Waals surface area contributed by atoms with E-state index < -0.39 is 17.9 Å². The van der Waals surface area contributed by atoms with Crippen LogP contribution in [0.4, 0.5) is 0 Å². The Labute approximate surface area is 103 Å². The molecule has 0 radical (unpaired) electrons. The van der Waals surface area contributed by atoms with Crippen LogP contribution in [0.1, 0.15) is 18.1 Å². The van der Waals surface area contributed by atoms with Gasteiger partial charge in [-0.2, -0.15) is 0 Å². The summed E-state index contributed by atoms with van der Waals surface area (Å²) in [4.78, 5) is 29.9. The molecule has 3 N–H and O–H groups in total. The van der Waals surface area contributed by atoms with Crippen molar-refractivity contribution in [1.82, 2.24) is 0 Å². The molecule has 6 heteroatoms. The minimum absolute atomic E-state index is 0.135. The van der Waals surface area contributed by atoms with Gasteiger partial charge >= 0.3 is 11.9 Å². The van der Waals surface area contributed by atoms with Crippen molar-refractivity contribution in [1.29, 1.82) is 0 Å². The monoisotopic (exact) mass is 254 g/mol. The predicted octanol–water partition coefficient (Wildman–Crippen LogP) is 1.03. The number of hydrogen-bond acceptors (Lipinski definition) is 3. The van der Waals surface area contributed by atoms with Crippen LogP contribution >= 0.6 is 0 Å². The zero-order chi connectivity index (χ0) is 14.1. The van der Waals surface area contributed by atoms with Gasteiger partial charge in [-0.3, -0.25) is 14.4 Å². The largest absolute Gasteiger partial charge is 0.481 e.